The molecule has 0 bridgehead atoms. The standard InChI is InChI=1S/C15H10ClN3O2/c16-11-7-5-10(6-8-15(20)21)14(9-11)19-13-4-2-1-3-12(13)17-18-19/h1-9H,(H,20,21)/b8-6+. The normalized spacial score (nSPS) is 11.3. The zero-order valence-corrected chi connectivity index (χ0v) is 11.5. The molecular weight excluding hydrogens is 290 g/mol. The monoisotopic (exact) mass is 299 g/mol. The highest BCUT2D eigenvalue weighted by Crippen LogP contribution is 2.24. The van der Waals surface area contributed by atoms with Gasteiger partial charge >= 0.3 is 5.97 Å². The van der Waals surface area contributed by atoms with Crippen molar-refractivity contribution >= 4 is 34.7 Å². The Bertz CT molecular complexity index is 855. The second-order valence-electron chi connectivity index (χ2n) is 4.36. The molecule has 0 aliphatic heterocycles. The van der Waals surface area contributed by atoms with E-state index in [1.54, 1.807) is 22.9 Å². The molecule has 0 aliphatic carbocycles. The van der Waals surface area contributed by atoms with Crippen LogP contribution < -0.4 is 0 Å². The highest BCUT2D eigenvalue weighted by Gasteiger charge is 2.10. The number of carbonyl (C=O) groups is 1. The Labute approximate surface area is 125 Å². The van der Waals surface area contributed by atoms with Crippen LogP contribution in [0.2, 0.25) is 5.02 Å². The zero-order valence-electron chi connectivity index (χ0n) is 10.8. The summed E-state index contributed by atoms with van der Waals surface area (Å²) in [6.45, 7) is 0. The van der Waals surface area contributed by atoms with Gasteiger partial charge < -0.3 is 5.11 Å². The Hall–Kier alpha value is -2.66. The van der Waals surface area contributed by atoms with E-state index in [4.69, 9.17) is 16.7 Å². The van der Waals surface area contributed by atoms with E-state index in [1.165, 1.54) is 6.08 Å². The van der Waals surface area contributed by atoms with Crippen molar-refractivity contribution in [1.82, 2.24) is 15.0 Å². The number of fused-ring (bicyclic) bond motifs is 1. The number of aliphatic carboxylic acids is 1. The maximum Gasteiger partial charge on any atom is 0.328 e. The summed E-state index contributed by atoms with van der Waals surface area (Å²) in [5, 5.41) is 17.5. The van der Waals surface area contributed by atoms with Gasteiger partial charge in [0.1, 0.15) is 5.52 Å². The first-order valence-corrected chi connectivity index (χ1v) is 6.54. The number of hydrogen-bond acceptors (Lipinski definition) is 3. The molecule has 2 aromatic carbocycles. The number of para-hydroxylation sites is 1. The van der Waals surface area contributed by atoms with Crippen LogP contribution in [-0.4, -0.2) is 26.1 Å². The van der Waals surface area contributed by atoms with Crippen LogP contribution in [0.4, 0.5) is 0 Å². The minimum Gasteiger partial charge on any atom is -0.478 e. The SMILES string of the molecule is O=C(O)/C=C/c1ccc(Cl)cc1-n1nnc2ccccc21. The average molecular weight is 300 g/mol. The second kappa shape index (κ2) is 5.38. The zero-order chi connectivity index (χ0) is 14.8. The summed E-state index contributed by atoms with van der Waals surface area (Å²) in [5.41, 5.74) is 2.95. The summed E-state index contributed by atoms with van der Waals surface area (Å²) >= 11 is 6.05. The van der Waals surface area contributed by atoms with E-state index in [1.807, 2.05) is 24.3 Å². The Morgan fingerprint density at radius 3 is 2.86 bits per heavy atom. The summed E-state index contributed by atoms with van der Waals surface area (Å²) < 4.78 is 1.64. The first-order valence-electron chi connectivity index (χ1n) is 6.16. The van der Waals surface area contributed by atoms with Gasteiger partial charge in [0.15, 0.2) is 0 Å². The third-order valence-corrected chi connectivity index (χ3v) is 3.21. The molecule has 0 unspecified atom stereocenters. The van der Waals surface area contributed by atoms with Crippen molar-refractivity contribution in [1.29, 1.82) is 0 Å². The van der Waals surface area contributed by atoms with Gasteiger partial charge in [-0.25, -0.2) is 9.48 Å². The molecule has 0 fully saturated rings. The van der Waals surface area contributed by atoms with Crippen LogP contribution in [0.1, 0.15) is 5.56 Å². The van der Waals surface area contributed by atoms with E-state index in [2.05, 4.69) is 10.3 Å². The molecule has 1 aromatic heterocycles. The Balaban J connectivity index is 2.21. The van der Waals surface area contributed by atoms with Crippen LogP contribution in [0.25, 0.3) is 22.8 Å². The van der Waals surface area contributed by atoms with E-state index in [-0.39, 0.29) is 0 Å². The van der Waals surface area contributed by atoms with Crippen molar-refractivity contribution in [3.63, 3.8) is 0 Å². The second-order valence-corrected chi connectivity index (χ2v) is 4.80. The lowest BCUT2D eigenvalue weighted by atomic mass is 10.1. The van der Waals surface area contributed by atoms with Crippen molar-refractivity contribution in [2.45, 2.75) is 0 Å². The number of carboxylic acids is 1. The van der Waals surface area contributed by atoms with Crippen LogP contribution in [0, 0.1) is 0 Å². The molecule has 0 amide bonds. The molecule has 1 heterocycles. The fourth-order valence-electron chi connectivity index (χ4n) is 2.05. The third kappa shape index (κ3) is 2.64. The number of rotatable bonds is 3. The summed E-state index contributed by atoms with van der Waals surface area (Å²) in [7, 11) is 0. The Kier molecular flexibility index (Phi) is 3.41. The molecule has 0 spiro atoms. The predicted molar refractivity (Wildman–Crippen MR) is 80.5 cm³/mol. The van der Waals surface area contributed by atoms with Gasteiger partial charge in [-0.05, 0) is 30.3 Å². The molecule has 0 atom stereocenters. The number of carboxylic acid groups (broad SMARTS) is 1. The van der Waals surface area contributed by atoms with E-state index >= 15 is 0 Å². The molecule has 3 rings (SSSR count). The quantitative estimate of drug-likeness (QED) is 0.754. The molecular formula is C15H10ClN3O2. The van der Waals surface area contributed by atoms with Gasteiger partial charge in [-0.1, -0.05) is 35.0 Å². The predicted octanol–water partition coefficient (Wildman–Crippen LogP) is 3.17. The summed E-state index contributed by atoms with van der Waals surface area (Å²) in [6.07, 6.45) is 2.58. The van der Waals surface area contributed by atoms with Gasteiger partial charge in [0, 0.05) is 16.7 Å². The van der Waals surface area contributed by atoms with Gasteiger partial charge in [-0.3, -0.25) is 0 Å². The van der Waals surface area contributed by atoms with Crippen molar-refractivity contribution in [3.8, 4) is 5.69 Å². The molecule has 0 radical (unpaired) electrons. The number of hydrogen-bond donors (Lipinski definition) is 1. The molecule has 104 valence electrons. The number of benzene rings is 2. The lowest BCUT2D eigenvalue weighted by Crippen LogP contribution is -1.99. The molecule has 6 heteroatoms. The van der Waals surface area contributed by atoms with Gasteiger partial charge in [0.25, 0.3) is 0 Å². The minimum atomic E-state index is -1.01. The number of nitrogens with zero attached hydrogens (tertiary/aromatic N) is 3. The van der Waals surface area contributed by atoms with Crippen LogP contribution in [0.15, 0.2) is 48.5 Å². The van der Waals surface area contributed by atoms with Gasteiger partial charge in [-0.2, -0.15) is 0 Å². The molecule has 21 heavy (non-hydrogen) atoms. The topological polar surface area (TPSA) is 68.0 Å². The Morgan fingerprint density at radius 2 is 2.05 bits per heavy atom. The summed E-state index contributed by atoms with van der Waals surface area (Å²) in [6, 6.07) is 12.7. The molecule has 5 nitrogen and oxygen atoms in total. The fraction of sp³-hybridized carbons (Fsp3) is 0. The minimum absolute atomic E-state index is 0.539. The molecule has 0 aliphatic rings. The van der Waals surface area contributed by atoms with Crippen LogP contribution >= 0.6 is 11.6 Å². The third-order valence-electron chi connectivity index (χ3n) is 2.98. The van der Waals surface area contributed by atoms with Crippen molar-refractivity contribution < 1.29 is 9.90 Å². The summed E-state index contributed by atoms with van der Waals surface area (Å²) in [5.74, 6) is -1.01. The molecule has 0 saturated carbocycles. The van der Waals surface area contributed by atoms with Crippen molar-refractivity contribution in [2.24, 2.45) is 0 Å². The lowest BCUT2D eigenvalue weighted by Gasteiger charge is -2.07. The first-order chi connectivity index (χ1) is 10.1. The van der Waals surface area contributed by atoms with Gasteiger partial charge in [0.05, 0.1) is 11.2 Å². The first kappa shape index (κ1) is 13.3. The van der Waals surface area contributed by atoms with Gasteiger partial charge in [0.2, 0.25) is 0 Å². The van der Waals surface area contributed by atoms with Crippen LogP contribution in [0.5, 0.6) is 0 Å². The largest absolute Gasteiger partial charge is 0.478 e. The average Bonchev–Trinajstić information content (AvgIpc) is 2.89. The highest BCUT2D eigenvalue weighted by molar-refractivity contribution is 6.30. The fourth-order valence-corrected chi connectivity index (χ4v) is 2.22. The Morgan fingerprint density at radius 1 is 1.24 bits per heavy atom. The van der Waals surface area contributed by atoms with E-state index in [0.29, 0.717) is 16.3 Å². The number of aromatic nitrogens is 3. The molecule has 1 N–H and O–H groups in total. The molecule has 0 saturated heterocycles. The lowest BCUT2D eigenvalue weighted by molar-refractivity contribution is -0.131. The molecule has 3 aromatic rings. The smallest absolute Gasteiger partial charge is 0.328 e. The van der Waals surface area contributed by atoms with Gasteiger partial charge in [-0.15, -0.1) is 5.10 Å². The van der Waals surface area contributed by atoms with E-state index in [0.717, 1.165) is 17.1 Å². The maximum atomic E-state index is 10.7. The van der Waals surface area contributed by atoms with Crippen LogP contribution in [-0.2, 0) is 4.79 Å². The summed E-state index contributed by atoms with van der Waals surface area (Å²) in [4.78, 5) is 10.7. The van der Waals surface area contributed by atoms with E-state index < -0.39 is 5.97 Å². The maximum absolute atomic E-state index is 10.7. The van der Waals surface area contributed by atoms with Crippen molar-refractivity contribution in [2.75, 3.05) is 0 Å². The van der Waals surface area contributed by atoms with E-state index in [9.17, 15) is 4.79 Å². The van der Waals surface area contributed by atoms with Crippen LogP contribution in [0.3, 0.4) is 0 Å². The highest BCUT2D eigenvalue weighted by atomic mass is 35.5. The van der Waals surface area contributed by atoms with Crippen molar-refractivity contribution in [3.05, 3.63) is 59.1 Å². The number of halogens is 1.